The van der Waals surface area contributed by atoms with E-state index < -0.39 is 0 Å². The molecule has 0 radical (unpaired) electrons. The fraction of sp³-hybridized carbons (Fsp3) is 0.500. The van der Waals surface area contributed by atoms with Gasteiger partial charge in [0.15, 0.2) is 0 Å². The molecule has 1 aromatic rings. The number of hydrogen-bond donors (Lipinski definition) is 0. The molecule has 1 heterocycles. The Bertz CT molecular complexity index is 536. The van der Waals surface area contributed by atoms with E-state index in [9.17, 15) is 4.79 Å². The second kappa shape index (κ2) is 4.76. The van der Waals surface area contributed by atoms with Gasteiger partial charge in [-0.3, -0.25) is 4.79 Å². The molecule has 0 spiro atoms. The number of likely N-dealkylation sites (tertiary alicyclic amines) is 1. The number of hydrogen-bond acceptors (Lipinski definition) is 1. The van der Waals surface area contributed by atoms with Crippen molar-refractivity contribution in [2.24, 2.45) is 17.8 Å². The van der Waals surface area contributed by atoms with Crippen LogP contribution in [0.25, 0.3) is 0 Å². The molecule has 2 heteroatoms. The number of allylic oxidation sites excluding steroid dienone is 1. The highest BCUT2D eigenvalue weighted by molar-refractivity contribution is 5.84. The summed E-state index contributed by atoms with van der Waals surface area (Å²) >= 11 is 0. The first kappa shape index (κ1) is 12.2. The number of benzene rings is 1. The molecule has 0 N–H and O–H groups in total. The topological polar surface area (TPSA) is 20.3 Å². The Hall–Kier alpha value is -1.57. The van der Waals surface area contributed by atoms with E-state index in [1.807, 2.05) is 6.07 Å². The summed E-state index contributed by atoms with van der Waals surface area (Å²) in [6.45, 7) is 0.790. The van der Waals surface area contributed by atoms with Crippen LogP contribution in [0, 0.1) is 17.8 Å². The van der Waals surface area contributed by atoms with E-state index in [4.69, 9.17) is 0 Å². The van der Waals surface area contributed by atoms with Gasteiger partial charge in [0.05, 0.1) is 5.92 Å². The summed E-state index contributed by atoms with van der Waals surface area (Å²) in [6, 6.07) is 10.9. The molecule has 104 valence electrons. The summed E-state index contributed by atoms with van der Waals surface area (Å²) < 4.78 is 0. The summed E-state index contributed by atoms with van der Waals surface area (Å²) in [5, 5.41) is 0. The number of nitrogens with zero attached hydrogens (tertiary/aromatic N) is 1. The summed E-state index contributed by atoms with van der Waals surface area (Å²) in [7, 11) is 0. The van der Waals surface area contributed by atoms with E-state index in [0.29, 0.717) is 17.9 Å². The normalized spacial score (nSPS) is 35.2. The third-order valence-electron chi connectivity index (χ3n) is 5.42. The van der Waals surface area contributed by atoms with Crippen molar-refractivity contribution in [1.82, 2.24) is 4.90 Å². The van der Waals surface area contributed by atoms with E-state index in [1.54, 1.807) is 0 Å². The standard InChI is InChI=1S/C18H21NO/c20-18-15-10-4-8-14-9-5-11-16(17(14)15)19(18)12-13-6-2-1-3-7-13/h1-4,6-7,10,14-17H,5,8-9,11-12H2/t14-,15-,16+,17+/m0/s1. The van der Waals surface area contributed by atoms with Crippen LogP contribution in [0.4, 0.5) is 0 Å². The van der Waals surface area contributed by atoms with Gasteiger partial charge in [0.25, 0.3) is 0 Å². The lowest BCUT2D eigenvalue weighted by atomic mass is 9.68. The monoisotopic (exact) mass is 267 g/mol. The Labute approximate surface area is 120 Å². The molecule has 0 aromatic heterocycles. The van der Waals surface area contributed by atoms with Crippen molar-refractivity contribution in [2.45, 2.75) is 38.3 Å². The highest BCUT2D eigenvalue weighted by atomic mass is 16.2. The van der Waals surface area contributed by atoms with Crippen LogP contribution in [-0.4, -0.2) is 16.8 Å². The molecule has 20 heavy (non-hydrogen) atoms. The maximum atomic E-state index is 12.8. The molecule has 2 aliphatic carbocycles. The predicted molar refractivity (Wildman–Crippen MR) is 78.9 cm³/mol. The van der Waals surface area contributed by atoms with Crippen LogP contribution in [0.15, 0.2) is 42.5 Å². The summed E-state index contributed by atoms with van der Waals surface area (Å²) in [5.41, 5.74) is 1.26. The number of carbonyl (C=O) groups excluding carboxylic acids is 1. The highest BCUT2D eigenvalue weighted by Gasteiger charge is 2.51. The molecule has 2 nitrogen and oxygen atoms in total. The largest absolute Gasteiger partial charge is 0.335 e. The first-order valence-electron chi connectivity index (χ1n) is 7.85. The molecule has 1 saturated heterocycles. The van der Waals surface area contributed by atoms with Crippen LogP contribution in [0.3, 0.4) is 0 Å². The molecule has 2 fully saturated rings. The van der Waals surface area contributed by atoms with Crippen LogP contribution in [0.5, 0.6) is 0 Å². The van der Waals surface area contributed by atoms with Crippen LogP contribution in [-0.2, 0) is 11.3 Å². The second-order valence-corrected chi connectivity index (χ2v) is 6.48. The minimum atomic E-state index is 0.169. The van der Waals surface area contributed by atoms with Crippen molar-refractivity contribution < 1.29 is 4.79 Å². The minimum Gasteiger partial charge on any atom is -0.335 e. The minimum absolute atomic E-state index is 0.169. The zero-order chi connectivity index (χ0) is 13.5. The average molecular weight is 267 g/mol. The van der Waals surface area contributed by atoms with Gasteiger partial charge in [0.2, 0.25) is 5.91 Å². The lowest BCUT2D eigenvalue weighted by Crippen LogP contribution is -2.39. The zero-order valence-electron chi connectivity index (χ0n) is 11.7. The van der Waals surface area contributed by atoms with Crippen molar-refractivity contribution >= 4 is 5.91 Å². The van der Waals surface area contributed by atoms with Crippen LogP contribution < -0.4 is 0 Å². The first-order chi connectivity index (χ1) is 9.84. The fourth-order valence-electron chi connectivity index (χ4n) is 4.56. The lowest BCUT2D eigenvalue weighted by molar-refractivity contribution is -0.131. The van der Waals surface area contributed by atoms with Gasteiger partial charge in [-0.25, -0.2) is 0 Å². The SMILES string of the molecule is O=C1[C@H]2C=CC[C@H]3CCC[C@H]([C@H]32)N1Cc1ccccc1. The van der Waals surface area contributed by atoms with Crippen LogP contribution in [0.1, 0.15) is 31.2 Å². The van der Waals surface area contributed by atoms with Crippen molar-refractivity contribution in [1.29, 1.82) is 0 Å². The summed E-state index contributed by atoms with van der Waals surface area (Å²) in [4.78, 5) is 14.9. The fourth-order valence-corrected chi connectivity index (χ4v) is 4.56. The van der Waals surface area contributed by atoms with Gasteiger partial charge in [-0.2, -0.15) is 0 Å². The molecule has 4 atom stereocenters. The quantitative estimate of drug-likeness (QED) is 0.752. The molecular formula is C18H21NO. The Morgan fingerprint density at radius 2 is 2.00 bits per heavy atom. The van der Waals surface area contributed by atoms with Crippen LogP contribution >= 0.6 is 0 Å². The average Bonchev–Trinajstić information content (AvgIpc) is 2.77. The lowest BCUT2D eigenvalue weighted by Gasteiger charge is -2.38. The Kier molecular flexibility index (Phi) is 2.90. The molecule has 3 aliphatic rings. The number of rotatable bonds is 2. The molecule has 1 amide bonds. The number of carbonyl (C=O) groups is 1. The van der Waals surface area contributed by atoms with Gasteiger partial charge in [0, 0.05) is 12.6 Å². The Morgan fingerprint density at radius 3 is 2.85 bits per heavy atom. The van der Waals surface area contributed by atoms with Gasteiger partial charge < -0.3 is 4.90 Å². The molecule has 1 aromatic carbocycles. The van der Waals surface area contributed by atoms with Gasteiger partial charge in [-0.1, -0.05) is 48.9 Å². The predicted octanol–water partition coefficient (Wildman–Crippen LogP) is 3.39. The highest BCUT2D eigenvalue weighted by Crippen LogP contribution is 2.48. The third-order valence-corrected chi connectivity index (χ3v) is 5.42. The first-order valence-corrected chi connectivity index (χ1v) is 7.85. The Balaban J connectivity index is 1.64. The van der Waals surface area contributed by atoms with Crippen molar-refractivity contribution in [2.75, 3.05) is 0 Å². The maximum Gasteiger partial charge on any atom is 0.230 e. The van der Waals surface area contributed by atoms with Crippen molar-refractivity contribution in [3.63, 3.8) is 0 Å². The zero-order valence-corrected chi connectivity index (χ0v) is 11.7. The van der Waals surface area contributed by atoms with Gasteiger partial charge in [0.1, 0.15) is 0 Å². The van der Waals surface area contributed by atoms with Crippen molar-refractivity contribution in [3.8, 4) is 0 Å². The molecule has 0 unspecified atom stereocenters. The third kappa shape index (κ3) is 1.81. The summed E-state index contributed by atoms with van der Waals surface area (Å²) in [5.74, 6) is 1.87. The maximum absolute atomic E-state index is 12.8. The van der Waals surface area contributed by atoms with Gasteiger partial charge in [-0.15, -0.1) is 0 Å². The smallest absolute Gasteiger partial charge is 0.230 e. The molecule has 0 bridgehead atoms. The van der Waals surface area contributed by atoms with Crippen molar-refractivity contribution in [3.05, 3.63) is 48.0 Å². The number of amides is 1. The summed E-state index contributed by atoms with van der Waals surface area (Å²) in [6.07, 6.45) is 9.42. The van der Waals surface area contributed by atoms with E-state index >= 15 is 0 Å². The molecule has 1 saturated carbocycles. The molecular weight excluding hydrogens is 246 g/mol. The molecule has 4 rings (SSSR count). The van der Waals surface area contributed by atoms with E-state index in [1.165, 1.54) is 31.2 Å². The van der Waals surface area contributed by atoms with E-state index in [-0.39, 0.29) is 5.92 Å². The van der Waals surface area contributed by atoms with Crippen LogP contribution in [0.2, 0.25) is 0 Å². The van der Waals surface area contributed by atoms with E-state index in [2.05, 4.69) is 41.3 Å². The van der Waals surface area contributed by atoms with Gasteiger partial charge >= 0.3 is 0 Å². The molecule has 1 aliphatic heterocycles. The van der Waals surface area contributed by atoms with Gasteiger partial charge in [-0.05, 0) is 36.7 Å². The van der Waals surface area contributed by atoms with E-state index in [0.717, 1.165) is 12.5 Å². The second-order valence-electron chi connectivity index (χ2n) is 6.48. The Morgan fingerprint density at radius 1 is 1.15 bits per heavy atom.